The normalized spacial score (nSPS) is 11.0. The van der Waals surface area contributed by atoms with Gasteiger partial charge in [-0.3, -0.25) is 14.8 Å². The summed E-state index contributed by atoms with van der Waals surface area (Å²) in [5, 5.41) is 13.7. The minimum Gasteiger partial charge on any atom is -0.478 e. The number of carbonyl (C=O) groups is 2. The number of aromatic carboxylic acids is 1. The number of nitrogen functional groups attached to an aromatic ring is 1. The molecule has 0 aliphatic heterocycles. The van der Waals surface area contributed by atoms with E-state index in [0.29, 0.717) is 51.7 Å². The lowest BCUT2D eigenvalue weighted by atomic mass is 10.0. The van der Waals surface area contributed by atoms with E-state index in [0.717, 1.165) is 22.4 Å². The average Bonchev–Trinajstić information content (AvgIpc) is 2.79. The van der Waals surface area contributed by atoms with Crippen molar-refractivity contribution in [1.82, 2.24) is 20.3 Å². The molecule has 9 heteroatoms. The number of carboxylic acids is 1. The standard InChI is InChI=1S/C26H24ClN5O3/c1-13-6-23(28)31-14(2)21(13)12-30-25(33)17-4-5-29-19(10-17)8-16-7-18-11-22(27)15(3)32-24(18)20(9-16)26(34)35/h4-7,9-11H,8,12H2,1-3H3,(H2,28,31)(H,30,33)(H,34,35). The van der Waals surface area contributed by atoms with Gasteiger partial charge in [-0.05, 0) is 73.9 Å². The number of pyridine rings is 3. The minimum absolute atomic E-state index is 0.0917. The Kier molecular flexibility index (Phi) is 6.66. The van der Waals surface area contributed by atoms with E-state index >= 15 is 0 Å². The third kappa shape index (κ3) is 5.22. The summed E-state index contributed by atoms with van der Waals surface area (Å²) in [5.74, 6) is -0.878. The fraction of sp³-hybridized carbons (Fsp3) is 0.192. The third-order valence-electron chi connectivity index (χ3n) is 5.80. The number of hydrogen-bond donors (Lipinski definition) is 3. The number of nitrogens with two attached hydrogens (primary N) is 1. The Hall–Kier alpha value is -4.04. The Balaban J connectivity index is 1.57. The van der Waals surface area contributed by atoms with Crippen molar-refractivity contribution >= 4 is 40.2 Å². The van der Waals surface area contributed by atoms with Crippen molar-refractivity contribution in [1.29, 1.82) is 0 Å². The summed E-state index contributed by atoms with van der Waals surface area (Å²) in [5.41, 5.74) is 11.3. The molecule has 0 saturated heterocycles. The second-order valence-corrected chi connectivity index (χ2v) is 8.81. The predicted octanol–water partition coefficient (Wildman–Crippen LogP) is 4.40. The van der Waals surface area contributed by atoms with Crippen LogP contribution in [0.5, 0.6) is 0 Å². The molecule has 0 aliphatic rings. The molecule has 3 aromatic heterocycles. The Bertz CT molecular complexity index is 1460. The monoisotopic (exact) mass is 489 g/mol. The zero-order valence-electron chi connectivity index (χ0n) is 19.5. The van der Waals surface area contributed by atoms with E-state index < -0.39 is 5.97 Å². The fourth-order valence-corrected chi connectivity index (χ4v) is 4.19. The highest BCUT2D eigenvalue weighted by molar-refractivity contribution is 6.32. The lowest BCUT2D eigenvalue weighted by Crippen LogP contribution is -2.24. The van der Waals surface area contributed by atoms with Gasteiger partial charge in [0.1, 0.15) is 5.82 Å². The van der Waals surface area contributed by atoms with Crippen LogP contribution in [0.1, 0.15) is 54.5 Å². The molecule has 0 saturated carbocycles. The van der Waals surface area contributed by atoms with E-state index in [9.17, 15) is 14.7 Å². The van der Waals surface area contributed by atoms with Gasteiger partial charge in [-0.2, -0.15) is 0 Å². The first-order valence-corrected chi connectivity index (χ1v) is 11.3. The molecule has 3 heterocycles. The molecule has 0 aliphatic carbocycles. The Morgan fingerprint density at radius 1 is 1.06 bits per heavy atom. The number of nitrogens with zero attached hydrogens (tertiary/aromatic N) is 3. The van der Waals surface area contributed by atoms with E-state index in [1.807, 2.05) is 19.9 Å². The minimum atomic E-state index is -1.07. The van der Waals surface area contributed by atoms with E-state index in [1.165, 1.54) is 0 Å². The van der Waals surface area contributed by atoms with Crippen LogP contribution in [0, 0.1) is 20.8 Å². The van der Waals surface area contributed by atoms with Gasteiger partial charge in [0, 0.05) is 41.5 Å². The van der Waals surface area contributed by atoms with Crippen LogP contribution in [0.25, 0.3) is 10.9 Å². The molecular weight excluding hydrogens is 466 g/mol. The number of carboxylic acid groups (broad SMARTS) is 1. The fourth-order valence-electron chi connectivity index (χ4n) is 4.03. The predicted molar refractivity (Wildman–Crippen MR) is 135 cm³/mol. The Morgan fingerprint density at radius 3 is 2.54 bits per heavy atom. The number of nitrogens with one attached hydrogen (secondary N) is 1. The summed E-state index contributed by atoms with van der Waals surface area (Å²) in [6, 6.07) is 10.2. The van der Waals surface area contributed by atoms with E-state index in [-0.39, 0.29) is 11.5 Å². The molecule has 4 rings (SSSR count). The highest BCUT2D eigenvalue weighted by Crippen LogP contribution is 2.26. The molecule has 0 spiro atoms. The molecule has 1 amide bonds. The van der Waals surface area contributed by atoms with Crippen molar-refractivity contribution in [2.45, 2.75) is 33.7 Å². The lowest BCUT2D eigenvalue weighted by molar-refractivity contribution is 0.0698. The first kappa shape index (κ1) is 24.1. The molecule has 4 aromatic rings. The summed E-state index contributed by atoms with van der Waals surface area (Å²) in [7, 11) is 0. The van der Waals surface area contributed by atoms with Crippen molar-refractivity contribution in [3.8, 4) is 0 Å². The van der Waals surface area contributed by atoms with Crippen LogP contribution in [0.2, 0.25) is 5.02 Å². The van der Waals surface area contributed by atoms with Crippen LogP contribution in [0.15, 0.2) is 42.6 Å². The van der Waals surface area contributed by atoms with Gasteiger partial charge in [-0.1, -0.05) is 11.6 Å². The molecule has 0 fully saturated rings. The van der Waals surface area contributed by atoms with Gasteiger partial charge in [0.25, 0.3) is 5.91 Å². The average molecular weight is 490 g/mol. The van der Waals surface area contributed by atoms with Gasteiger partial charge in [-0.15, -0.1) is 0 Å². The zero-order chi connectivity index (χ0) is 25.3. The van der Waals surface area contributed by atoms with Gasteiger partial charge in [0.2, 0.25) is 0 Å². The molecule has 0 radical (unpaired) electrons. The number of hydrogen-bond acceptors (Lipinski definition) is 6. The summed E-state index contributed by atoms with van der Waals surface area (Å²) < 4.78 is 0. The smallest absolute Gasteiger partial charge is 0.337 e. The SMILES string of the molecule is Cc1cc(N)nc(C)c1CNC(=O)c1ccnc(Cc2cc(C(=O)O)c3nc(C)c(Cl)cc3c2)c1. The summed E-state index contributed by atoms with van der Waals surface area (Å²) in [6.45, 7) is 5.83. The van der Waals surface area contributed by atoms with Gasteiger partial charge in [-0.25, -0.2) is 9.78 Å². The number of anilines is 1. The number of halogens is 1. The van der Waals surface area contributed by atoms with Gasteiger partial charge < -0.3 is 16.2 Å². The first-order chi connectivity index (χ1) is 16.6. The maximum absolute atomic E-state index is 12.8. The number of amides is 1. The van der Waals surface area contributed by atoms with E-state index in [1.54, 1.807) is 43.5 Å². The molecule has 4 N–H and O–H groups in total. The Morgan fingerprint density at radius 2 is 1.83 bits per heavy atom. The van der Waals surface area contributed by atoms with Crippen LogP contribution in [0.4, 0.5) is 5.82 Å². The topological polar surface area (TPSA) is 131 Å². The highest BCUT2D eigenvalue weighted by Gasteiger charge is 2.15. The second kappa shape index (κ2) is 9.68. The molecule has 1 aromatic carbocycles. The second-order valence-electron chi connectivity index (χ2n) is 8.40. The lowest BCUT2D eigenvalue weighted by Gasteiger charge is -2.12. The van der Waals surface area contributed by atoms with Crippen molar-refractivity contribution in [2.24, 2.45) is 0 Å². The molecule has 178 valence electrons. The van der Waals surface area contributed by atoms with Gasteiger partial charge in [0.05, 0.1) is 21.8 Å². The molecule has 0 atom stereocenters. The van der Waals surface area contributed by atoms with Crippen molar-refractivity contribution in [3.05, 3.63) is 92.5 Å². The maximum atomic E-state index is 12.8. The first-order valence-electron chi connectivity index (χ1n) is 10.9. The van der Waals surface area contributed by atoms with Crippen LogP contribution < -0.4 is 11.1 Å². The molecule has 35 heavy (non-hydrogen) atoms. The van der Waals surface area contributed by atoms with Gasteiger partial charge >= 0.3 is 5.97 Å². The summed E-state index contributed by atoms with van der Waals surface area (Å²) in [6.07, 6.45) is 1.90. The summed E-state index contributed by atoms with van der Waals surface area (Å²) in [4.78, 5) is 37.7. The van der Waals surface area contributed by atoms with Crippen molar-refractivity contribution < 1.29 is 14.7 Å². The summed E-state index contributed by atoms with van der Waals surface area (Å²) >= 11 is 6.21. The van der Waals surface area contributed by atoms with E-state index in [4.69, 9.17) is 17.3 Å². The number of aromatic nitrogens is 3. The van der Waals surface area contributed by atoms with Crippen LogP contribution in [0.3, 0.4) is 0 Å². The number of aryl methyl sites for hydroxylation is 3. The van der Waals surface area contributed by atoms with Crippen molar-refractivity contribution in [3.63, 3.8) is 0 Å². The maximum Gasteiger partial charge on any atom is 0.337 e. The number of fused-ring (bicyclic) bond motifs is 1. The van der Waals surface area contributed by atoms with Crippen LogP contribution in [-0.2, 0) is 13.0 Å². The highest BCUT2D eigenvalue weighted by atomic mass is 35.5. The van der Waals surface area contributed by atoms with Crippen LogP contribution >= 0.6 is 11.6 Å². The number of rotatable bonds is 6. The van der Waals surface area contributed by atoms with Gasteiger partial charge in [0.15, 0.2) is 0 Å². The molecular formula is C26H24ClN5O3. The van der Waals surface area contributed by atoms with Crippen molar-refractivity contribution in [2.75, 3.05) is 5.73 Å². The third-order valence-corrected chi connectivity index (χ3v) is 6.18. The molecule has 0 unspecified atom stereocenters. The quantitative estimate of drug-likeness (QED) is 0.365. The molecule has 0 bridgehead atoms. The molecule has 8 nitrogen and oxygen atoms in total. The zero-order valence-corrected chi connectivity index (χ0v) is 20.3. The largest absolute Gasteiger partial charge is 0.478 e. The Labute approximate surface area is 207 Å². The van der Waals surface area contributed by atoms with Crippen LogP contribution in [-0.4, -0.2) is 31.9 Å². The van der Waals surface area contributed by atoms with E-state index in [2.05, 4.69) is 20.3 Å². The number of carbonyl (C=O) groups excluding carboxylic acids is 1. The number of benzene rings is 1.